The molecular formula is C27H40O3Si. The van der Waals surface area contributed by atoms with Crippen LogP contribution in [-0.4, -0.2) is 31.4 Å². The Balaban J connectivity index is 2.67. The summed E-state index contributed by atoms with van der Waals surface area (Å²) >= 11 is 0. The van der Waals surface area contributed by atoms with Crippen molar-refractivity contribution in [3.05, 3.63) is 60.7 Å². The van der Waals surface area contributed by atoms with Crippen LogP contribution in [0.4, 0.5) is 0 Å². The van der Waals surface area contributed by atoms with Gasteiger partial charge in [0, 0.05) is 11.8 Å². The predicted octanol–water partition coefficient (Wildman–Crippen LogP) is 4.81. The fourth-order valence-corrected chi connectivity index (χ4v) is 9.31. The number of hydrogen-bond donors (Lipinski definition) is 1. The minimum absolute atomic E-state index is 0.0547. The van der Waals surface area contributed by atoms with Gasteiger partial charge in [-0.25, -0.2) is 0 Å². The van der Waals surface area contributed by atoms with Crippen LogP contribution in [-0.2, 0) is 9.22 Å². The third-order valence-corrected chi connectivity index (χ3v) is 11.3. The molecule has 170 valence electrons. The number of benzene rings is 2. The van der Waals surface area contributed by atoms with Gasteiger partial charge in [0.15, 0.2) is 0 Å². The number of rotatable bonds is 9. The Kier molecular flexibility index (Phi) is 8.43. The van der Waals surface area contributed by atoms with Gasteiger partial charge in [0.2, 0.25) is 0 Å². The third kappa shape index (κ3) is 5.36. The summed E-state index contributed by atoms with van der Waals surface area (Å²) in [6.45, 7) is 16.4. The van der Waals surface area contributed by atoms with Crippen molar-refractivity contribution in [2.75, 3.05) is 0 Å². The summed E-state index contributed by atoms with van der Waals surface area (Å²) < 4.78 is 7.19. The molecule has 0 saturated carbocycles. The van der Waals surface area contributed by atoms with Gasteiger partial charge in [-0.15, -0.1) is 0 Å². The molecule has 0 aliphatic carbocycles. The third-order valence-electron chi connectivity index (χ3n) is 6.25. The van der Waals surface area contributed by atoms with Crippen molar-refractivity contribution in [1.29, 1.82) is 0 Å². The van der Waals surface area contributed by atoms with Gasteiger partial charge in [0.1, 0.15) is 5.78 Å². The van der Waals surface area contributed by atoms with E-state index in [9.17, 15) is 9.90 Å². The smallest absolute Gasteiger partial charge is 0.261 e. The summed E-state index contributed by atoms with van der Waals surface area (Å²) in [7, 11) is -2.82. The van der Waals surface area contributed by atoms with Crippen molar-refractivity contribution >= 4 is 24.5 Å². The first-order chi connectivity index (χ1) is 14.4. The lowest BCUT2D eigenvalue weighted by molar-refractivity contribution is -0.132. The van der Waals surface area contributed by atoms with Gasteiger partial charge in [0.05, 0.1) is 12.2 Å². The Morgan fingerprint density at radius 2 is 1.26 bits per heavy atom. The van der Waals surface area contributed by atoms with E-state index in [4.69, 9.17) is 4.43 Å². The van der Waals surface area contributed by atoms with E-state index in [0.29, 0.717) is 0 Å². The number of hydrogen-bond acceptors (Lipinski definition) is 3. The average Bonchev–Trinajstić information content (AvgIpc) is 2.73. The Morgan fingerprint density at radius 3 is 1.58 bits per heavy atom. The van der Waals surface area contributed by atoms with Crippen LogP contribution >= 0.6 is 0 Å². The number of carbonyl (C=O) groups is 1. The van der Waals surface area contributed by atoms with Crippen LogP contribution < -0.4 is 10.4 Å². The normalized spacial score (nSPS) is 15.7. The van der Waals surface area contributed by atoms with Crippen LogP contribution in [0.2, 0.25) is 5.04 Å². The van der Waals surface area contributed by atoms with E-state index in [0.717, 1.165) is 0 Å². The van der Waals surface area contributed by atoms with E-state index >= 15 is 0 Å². The molecule has 1 N–H and O–H groups in total. The predicted molar refractivity (Wildman–Crippen MR) is 132 cm³/mol. The van der Waals surface area contributed by atoms with E-state index in [1.165, 1.54) is 10.4 Å². The van der Waals surface area contributed by atoms with Crippen molar-refractivity contribution < 1.29 is 14.3 Å². The fraction of sp³-hybridized carbons (Fsp3) is 0.519. The van der Waals surface area contributed by atoms with E-state index in [-0.39, 0.29) is 22.7 Å². The van der Waals surface area contributed by atoms with Gasteiger partial charge >= 0.3 is 0 Å². The lowest BCUT2D eigenvalue weighted by Gasteiger charge is -2.47. The van der Waals surface area contributed by atoms with E-state index < -0.39 is 26.4 Å². The summed E-state index contributed by atoms with van der Waals surface area (Å²) in [6, 6.07) is 20.9. The molecule has 2 aromatic carbocycles. The average molecular weight is 441 g/mol. The maximum Gasteiger partial charge on any atom is 0.261 e. The maximum atomic E-state index is 12.7. The molecule has 0 unspecified atom stereocenters. The molecule has 4 heteroatoms. The van der Waals surface area contributed by atoms with Crippen LogP contribution in [0, 0.1) is 17.8 Å². The molecule has 0 amide bonds. The van der Waals surface area contributed by atoms with Gasteiger partial charge in [-0.05, 0) is 21.3 Å². The minimum atomic E-state index is -2.82. The summed E-state index contributed by atoms with van der Waals surface area (Å²) in [4.78, 5) is 12.7. The molecule has 0 saturated heterocycles. The van der Waals surface area contributed by atoms with E-state index in [1.807, 2.05) is 32.9 Å². The van der Waals surface area contributed by atoms with Crippen molar-refractivity contribution in [2.24, 2.45) is 17.8 Å². The van der Waals surface area contributed by atoms with Crippen LogP contribution in [0.1, 0.15) is 55.4 Å². The largest absolute Gasteiger partial charge is 0.402 e. The molecule has 2 aromatic rings. The van der Waals surface area contributed by atoms with Crippen LogP contribution in [0.5, 0.6) is 0 Å². The standard InChI is InChI=1S/C27H40O3Si/c1-19(2)24(28)21(5)25(29)26(20(3)4)30-31(27(6,7)8,22-15-11-9-12-16-22)23-17-13-10-14-18-23/h9-21,25-26,29H,1-8H3/t21-,25+,26+/m1/s1. The second kappa shape index (κ2) is 10.2. The minimum Gasteiger partial charge on any atom is -0.402 e. The molecule has 0 aliphatic rings. The highest BCUT2D eigenvalue weighted by atomic mass is 28.4. The van der Waals surface area contributed by atoms with Crippen molar-refractivity contribution in [2.45, 2.75) is 72.6 Å². The fourth-order valence-electron chi connectivity index (χ4n) is 4.47. The van der Waals surface area contributed by atoms with Gasteiger partial charge in [-0.2, -0.15) is 0 Å². The number of Topliss-reactive ketones (excluding diaryl/α,β-unsaturated/α-hetero) is 1. The lowest BCUT2D eigenvalue weighted by Crippen LogP contribution is -2.69. The van der Waals surface area contributed by atoms with Crippen LogP contribution in [0.3, 0.4) is 0 Å². The lowest BCUT2D eigenvalue weighted by atomic mass is 9.86. The molecule has 3 nitrogen and oxygen atoms in total. The van der Waals surface area contributed by atoms with Crippen molar-refractivity contribution in [3.8, 4) is 0 Å². The summed E-state index contributed by atoms with van der Waals surface area (Å²) in [6.07, 6.45) is -1.32. The Morgan fingerprint density at radius 1 is 0.839 bits per heavy atom. The molecule has 31 heavy (non-hydrogen) atoms. The number of carbonyl (C=O) groups excluding carboxylic acids is 1. The van der Waals surface area contributed by atoms with Gasteiger partial charge in [-0.1, -0.05) is 116 Å². The van der Waals surface area contributed by atoms with Gasteiger partial charge in [0.25, 0.3) is 8.32 Å². The molecule has 0 aromatic heterocycles. The highest BCUT2D eigenvalue weighted by Crippen LogP contribution is 2.39. The Bertz CT molecular complexity index is 785. The first-order valence-electron chi connectivity index (χ1n) is 11.4. The second-order valence-corrected chi connectivity index (χ2v) is 14.6. The summed E-state index contributed by atoms with van der Waals surface area (Å²) in [5, 5.41) is 13.5. The van der Waals surface area contributed by atoms with Crippen LogP contribution in [0.25, 0.3) is 0 Å². The van der Waals surface area contributed by atoms with Gasteiger partial charge in [-0.3, -0.25) is 4.79 Å². The monoisotopic (exact) mass is 440 g/mol. The summed E-state index contributed by atoms with van der Waals surface area (Å²) in [5.41, 5.74) is 0. The molecule has 3 atom stereocenters. The second-order valence-electron chi connectivity index (χ2n) is 10.3. The Hall–Kier alpha value is -1.75. The highest BCUT2D eigenvalue weighted by molar-refractivity contribution is 6.99. The highest BCUT2D eigenvalue weighted by Gasteiger charge is 2.53. The molecule has 0 spiro atoms. The molecule has 0 fully saturated rings. The SMILES string of the molecule is CC(C)C(=O)[C@@H](C)[C@H](O)[C@@H](O[Si](c1ccccc1)(c1ccccc1)C(C)(C)C)C(C)C. The Labute approximate surface area is 190 Å². The first-order valence-corrected chi connectivity index (χ1v) is 13.3. The van der Waals surface area contributed by atoms with E-state index in [2.05, 4.69) is 83.1 Å². The van der Waals surface area contributed by atoms with Gasteiger partial charge < -0.3 is 9.53 Å². The number of aliphatic hydroxyl groups excluding tert-OH is 1. The molecule has 2 rings (SSSR count). The maximum absolute atomic E-state index is 12.7. The van der Waals surface area contributed by atoms with Crippen molar-refractivity contribution in [3.63, 3.8) is 0 Å². The number of ketones is 1. The quantitative estimate of drug-likeness (QED) is 0.569. The summed E-state index contributed by atoms with van der Waals surface area (Å²) in [5.74, 6) is -0.473. The topological polar surface area (TPSA) is 46.5 Å². The molecule has 0 radical (unpaired) electrons. The molecule has 0 bridgehead atoms. The van der Waals surface area contributed by atoms with Crippen LogP contribution in [0.15, 0.2) is 60.7 Å². The zero-order valence-corrected chi connectivity index (χ0v) is 21.4. The number of aliphatic hydroxyl groups is 1. The van der Waals surface area contributed by atoms with Crippen molar-refractivity contribution in [1.82, 2.24) is 0 Å². The first kappa shape index (κ1) is 25.5. The molecule has 0 heterocycles. The zero-order valence-electron chi connectivity index (χ0n) is 20.4. The molecular weight excluding hydrogens is 400 g/mol. The zero-order chi connectivity index (χ0) is 23.4. The van der Waals surface area contributed by atoms with E-state index in [1.54, 1.807) is 0 Å². The molecule has 0 aliphatic heterocycles.